The molecule has 2 atom stereocenters. The van der Waals surface area contributed by atoms with Gasteiger partial charge in [0.25, 0.3) is 0 Å². The molecule has 2 unspecified atom stereocenters. The Labute approximate surface area is 121 Å². The lowest BCUT2D eigenvalue weighted by Gasteiger charge is -2.33. The fraction of sp³-hybridized carbons (Fsp3) is 0.875. The number of carboxylic acid groups (broad SMARTS) is 1. The molecule has 0 amide bonds. The third-order valence-electron chi connectivity index (χ3n) is 4.38. The summed E-state index contributed by atoms with van der Waals surface area (Å²) in [4.78, 5) is 23.6. The summed E-state index contributed by atoms with van der Waals surface area (Å²) in [7, 11) is 0. The fourth-order valence-electron chi connectivity index (χ4n) is 3.18. The minimum absolute atomic E-state index is 0.00924. The second-order valence-electron chi connectivity index (χ2n) is 7.24. The lowest BCUT2D eigenvalue weighted by Crippen LogP contribution is -2.37. The molecule has 0 saturated heterocycles. The molecule has 0 aromatic rings. The summed E-state index contributed by atoms with van der Waals surface area (Å²) in [6.45, 7) is 9.32. The van der Waals surface area contributed by atoms with Gasteiger partial charge in [-0.2, -0.15) is 0 Å². The lowest BCUT2D eigenvalue weighted by molar-refractivity contribution is -0.162. The third-order valence-corrected chi connectivity index (χ3v) is 4.38. The number of carboxylic acids is 1. The molecule has 0 spiro atoms. The van der Waals surface area contributed by atoms with E-state index >= 15 is 0 Å². The second kappa shape index (κ2) is 6.15. The van der Waals surface area contributed by atoms with Gasteiger partial charge in [-0.05, 0) is 46.0 Å². The highest BCUT2D eigenvalue weighted by Crippen LogP contribution is 2.46. The first-order chi connectivity index (χ1) is 9.08. The Hall–Kier alpha value is -1.06. The van der Waals surface area contributed by atoms with Crippen LogP contribution in [-0.2, 0) is 14.3 Å². The Balaban J connectivity index is 2.67. The predicted octanol–water partition coefficient (Wildman–Crippen LogP) is 3.64. The van der Waals surface area contributed by atoms with Crippen molar-refractivity contribution in [2.75, 3.05) is 0 Å². The molecule has 1 rings (SSSR count). The van der Waals surface area contributed by atoms with Crippen LogP contribution in [0.2, 0.25) is 0 Å². The lowest BCUT2D eigenvalue weighted by atomic mass is 9.71. The number of hydrogen-bond acceptors (Lipinski definition) is 3. The normalized spacial score (nSPS) is 21.2. The van der Waals surface area contributed by atoms with E-state index in [1.165, 1.54) is 0 Å². The van der Waals surface area contributed by atoms with Crippen LogP contribution in [0.15, 0.2) is 0 Å². The summed E-state index contributed by atoms with van der Waals surface area (Å²) in [6, 6.07) is 0. The van der Waals surface area contributed by atoms with Crippen LogP contribution in [0.1, 0.15) is 66.7 Å². The SMILES string of the molecule is CC(CC(C)C1(C(=O)O)CCCC1)C(=O)OC(C)(C)C. The molecule has 4 heteroatoms. The van der Waals surface area contributed by atoms with E-state index < -0.39 is 17.0 Å². The third kappa shape index (κ3) is 3.97. The Bertz CT molecular complexity index is 361. The topological polar surface area (TPSA) is 63.6 Å². The van der Waals surface area contributed by atoms with E-state index in [9.17, 15) is 14.7 Å². The molecule has 1 aliphatic rings. The molecule has 0 aromatic heterocycles. The van der Waals surface area contributed by atoms with Crippen LogP contribution >= 0.6 is 0 Å². The van der Waals surface area contributed by atoms with Gasteiger partial charge in [0.1, 0.15) is 5.60 Å². The van der Waals surface area contributed by atoms with Crippen molar-refractivity contribution in [2.45, 2.75) is 72.3 Å². The van der Waals surface area contributed by atoms with E-state index in [1.54, 1.807) is 0 Å². The van der Waals surface area contributed by atoms with Crippen molar-refractivity contribution in [1.29, 1.82) is 0 Å². The summed E-state index contributed by atoms with van der Waals surface area (Å²) in [5.74, 6) is -1.21. The van der Waals surface area contributed by atoms with Crippen LogP contribution in [0.5, 0.6) is 0 Å². The molecule has 0 aromatic carbocycles. The van der Waals surface area contributed by atoms with E-state index in [-0.39, 0.29) is 17.8 Å². The number of rotatable bonds is 5. The Kier molecular flexibility index (Phi) is 5.22. The van der Waals surface area contributed by atoms with E-state index in [1.807, 2.05) is 34.6 Å². The zero-order valence-electron chi connectivity index (χ0n) is 13.4. The fourth-order valence-corrected chi connectivity index (χ4v) is 3.18. The Morgan fingerprint density at radius 1 is 1.20 bits per heavy atom. The average molecular weight is 284 g/mol. The van der Waals surface area contributed by atoms with Gasteiger partial charge in [0, 0.05) is 0 Å². The van der Waals surface area contributed by atoms with Crippen LogP contribution in [0.4, 0.5) is 0 Å². The molecule has 20 heavy (non-hydrogen) atoms. The van der Waals surface area contributed by atoms with E-state index in [4.69, 9.17) is 4.74 Å². The molecule has 0 radical (unpaired) electrons. The van der Waals surface area contributed by atoms with Gasteiger partial charge in [-0.3, -0.25) is 9.59 Å². The first kappa shape index (κ1) is 17.0. The summed E-state index contributed by atoms with van der Waals surface area (Å²) in [5.41, 5.74) is -1.14. The maximum absolute atomic E-state index is 12.0. The second-order valence-corrected chi connectivity index (χ2v) is 7.24. The molecule has 1 aliphatic carbocycles. The van der Waals surface area contributed by atoms with Gasteiger partial charge in [-0.25, -0.2) is 0 Å². The number of ether oxygens (including phenoxy) is 1. The average Bonchev–Trinajstić information content (AvgIpc) is 2.76. The van der Waals surface area contributed by atoms with Crippen LogP contribution in [0.25, 0.3) is 0 Å². The quantitative estimate of drug-likeness (QED) is 0.783. The Morgan fingerprint density at radius 3 is 2.10 bits per heavy atom. The number of esters is 1. The monoisotopic (exact) mass is 284 g/mol. The molecule has 1 fully saturated rings. The zero-order chi connectivity index (χ0) is 15.6. The Morgan fingerprint density at radius 2 is 1.70 bits per heavy atom. The molecule has 4 nitrogen and oxygen atoms in total. The summed E-state index contributed by atoms with van der Waals surface area (Å²) in [6.07, 6.45) is 3.96. The number of aliphatic carboxylic acids is 1. The van der Waals surface area contributed by atoms with Crippen LogP contribution in [0, 0.1) is 17.3 Å². The van der Waals surface area contributed by atoms with Crippen molar-refractivity contribution in [2.24, 2.45) is 17.3 Å². The largest absolute Gasteiger partial charge is 0.481 e. The van der Waals surface area contributed by atoms with Crippen molar-refractivity contribution in [1.82, 2.24) is 0 Å². The van der Waals surface area contributed by atoms with Crippen molar-refractivity contribution in [3.8, 4) is 0 Å². The van der Waals surface area contributed by atoms with Crippen LogP contribution < -0.4 is 0 Å². The highest BCUT2D eigenvalue weighted by atomic mass is 16.6. The van der Waals surface area contributed by atoms with Crippen molar-refractivity contribution in [3.05, 3.63) is 0 Å². The summed E-state index contributed by atoms with van der Waals surface area (Å²) >= 11 is 0. The van der Waals surface area contributed by atoms with Gasteiger partial charge in [-0.15, -0.1) is 0 Å². The molecule has 0 bridgehead atoms. The molecular formula is C16H28O4. The van der Waals surface area contributed by atoms with Gasteiger partial charge in [-0.1, -0.05) is 26.7 Å². The predicted molar refractivity (Wildman–Crippen MR) is 77.3 cm³/mol. The molecule has 1 N–H and O–H groups in total. The van der Waals surface area contributed by atoms with Gasteiger partial charge in [0.2, 0.25) is 0 Å². The summed E-state index contributed by atoms with van der Waals surface area (Å²) in [5, 5.41) is 9.56. The van der Waals surface area contributed by atoms with Crippen LogP contribution in [-0.4, -0.2) is 22.6 Å². The standard InChI is InChI=1S/C16H28O4/c1-11(13(17)20-15(3,4)5)10-12(2)16(14(18)19)8-6-7-9-16/h11-12H,6-10H2,1-5H3,(H,18,19). The van der Waals surface area contributed by atoms with E-state index in [0.29, 0.717) is 6.42 Å². The van der Waals surface area contributed by atoms with Crippen molar-refractivity contribution >= 4 is 11.9 Å². The molecule has 116 valence electrons. The zero-order valence-corrected chi connectivity index (χ0v) is 13.4. The maximum Gasteiger partial charge on any atom is 0.309 e. The van der Waals surface area contributed by atoms with Crippen LogP contribution in [0.3, 0.4) is 0 Å². The highest BCUT2D eigenvalue weighted by Gasteiger charge is 2.46. The highest BCUT2D eigenvalue weighted by molar-refractivity contribution is 5.76. The van der Waals surface area contributed by atoms with E-state index in [0.717, 1.165) is 25.7 Å². The number of carbonyl (C=O) groups is 2. The molecular weight excluding hydrogens is 256 g/mol. The number of hydrogen-bond donors (Lipinski definition) is 1. The number of carbonyl (C=O) groups excluding carboxylic acids is 1. The van der Waals surface area contributed by atoms with Gasteiger partial charge in [0.05, 0.1) is 11.3 Å². The molecule has 1 saturated carbocycles. The molecule has 0 aliphatic heterocycles. The maximum atomic E-state index is 12.0. The van der Waals surface area contributed by atoms with Gasteiger partial charge < -0.3 is 9.84 Å². The smallest absolute Gasteiger partial charge is 0.309 e. The first-order valence-corrected chi connectivity index (χ1v) is 7.55. The van der Waals surface area contributed by atoms with Crippen molar-refractivity contribution in [3.63, 3.8) is 0 Å². The van der Waals surface area contributed by atoms with Gasteiger partial charge >= 0.3 is 11.9 Å². The minimum atomic E-state index is -0.709. The molecule has 0 heterocycles. The minimum Gasteiger partial charge on any atom is -0.481 e. The van der Waals surface area contributed by atoms with E-state index in [2.05, 4.69) is 0 Å². The van der Waals surface area contributed by atoms with Gasteiger partial charge in [0.15, 0.2) is 0 Å². The van der Waals surface area contributed by atoms with Crippen molar-refractivity contribution < 1.29 is 19.4 Å². The first-order valence-electron chi connectivity index (χ1n) is 7.55. The summed E-state index contributed by atoms with van der Waals surface area (Å²) < 4.78 is 5.37.